The molecule has 4 rings (SSSR count). The predicted molar refractivity (Wildman–Crippen MR) is 104 cm³/mol. The van der Waals surface area contributed by atoms with Crippen molar-refractivity contribution >= 4 is 29.1 Å². The Balaban J connectivity index is 1.46. The number of benzene rings is 2. The zero-order chi connectivity index (χ0) is 21.5. The summed E-state index contributed by atoms with van der Waals surface area (Å²) in [5, 5.41) is -0.358. The molecule has 0 saturated carbocycles. The van der Waals surface area contributed by atoms with Gasteiger partial charge in [0, 0.05) is 12.0 Å². The van der Waals surface area contributed by atoms with Gasteiger partial charge in [0.25, 0.3) is 0 Å². The number of nitrogens with zero attached hydrogens (tertiary/aromatic N) is 1. The van der Waals surface area contributed by atoms with Gasteiger partial charge in [-0.15, -0.1) is 0 Å². The van der Waals surface area contributed by atoms with E-state index in [0.29, 0.717) is 18.9 Å². The van der Waals surface area contributed by atoms with Crippen molar-refractivity contribution in [1.29, 1.82) is 0 Å². The standard InChI is InChI=1S/C21H17ClF3NO4/c1-12-9-13(5-6-16(12)26-7-8-28-20(26)27)17-11-29-18(30-17)10-14-3-2-4-15(19(14)22)21(23,24)25/h2-6,9,11,18H,7-8,10H2,1H3. The molecule has 9 heteroatoms. The minimum Gasteiger partial charge on any atom is -0.458 e. The van der Waals surface area contributed by atoms with Crippen LogP contribution in [-0.2, 0) is 26.8 Å². The summed E-state index contributed by atoms with van der Waals surface area (Å²) in [4.78, 5) is 13.3. The number of cyclic esters (lactones) is 1. The number of aryl methyl sites for hydroxylation is 1. The molecule has 2 heterocycles. The number of carbonyl (C=O) groups excluding carboxylic acids is 1. The fourth-order valence-electron chi connectivity index (χ4n) is 3.42. The van der Waals surface area contributed by atoms with Crippen molar-refractivity contribution in [3.8, 4) is 0 Å². The number of rotatable bonds is 4. The Kier molecular flexibility index (Phi) is 5.27. The minimum atomic E-state index is -4.53. The van der Waals surface area contributed by atoms with Crippen molar-refractivity contribution < 1.29 is 32.2 Å². The van der Waals surface area contributed by atoms with Gasteiger partial charge < -0.3 is 14.2 Å². The van der Waals surface area contributed by atoms with Crippen molar-refractivity contribution in [2.75, 3.05) is 18.1 Å². The SMILES string of the molecule is Cc1cc(C2=COC(Cc3cccc(C(F)(F)F)c3Cl)O2)ccc1N1CCOC1=O. The third-order valence-electron chi connectivity index (χ3n) is 4.89. The second-order valence-electron chi connectivity index (χ2n) is 6.91. The third kappa shape index (κ3) is 3.92. The zero-order valence-electron chi connectivity index (χ0n) is 15.8. The predicted octanol–water partition coefficient (Wildman–Crippen LogP) is 5.54. The van der Waals surface area contributed by atoms with Crippen LogP contribution < -0.4 is 4.90 Å². The van der Waals surface area contributed by atoms with Gasteiger partial charge in [-0.2, -0.15) is 13.2 Å². The van der Waals surface area contributed by atoms with Crippen molar-refractivity contribution in [3.05, 3.63) is 69.9 Å². The summed E-state index contributed by atoms with van der Waals surface area (Å²) in [6.07, 6.45) is -4.24. The second kappa shape index (κ2) is 7.75. The topological polar surface area (TPSA) is 48.0 Å². The molecular formula is C21H17ClF3NO4. The maximum Gasteiger partial charge on any atom is 0.417 e. The molecule has 1 fully saturated rings. The highest BCUT2D eigenvalue weighted by Crippen LogP contribution is 2.37. The second-order valence-corrected chi connectivity index (χ2v) is 7.29. The smallest absolute Gasteiger partial charge is 0.417 e. The highest BCUT2D eigenvalue weighted by Gasteiger charge is 2.34. The average molecular weight is 440 g/mol. The molecule has 1 unspecified atom stereocenters. The lowest BCUT2D eigenvalue weighted by Gasteiger charge is -2.17. The Labute approximate surface area is 175 Å². The van der Waals surface area contributed by atoms with Gasteiger partial charge in [0.2, 0.25) is 6.29 Å². The molecule has 2 aliphatic heterocycles. The number of ether oxygens (including phenoxy) is 3. The molecular weight excluding hydrogens is 423 g/mol. The molecule has 2 aliphatic rings. The summed E-state index contributed by atoms with van der Waals surface area (Å²) in [6, 6.07) is 9.17. The van der Waals surface area contributed by atoms with Crippen LogP contribution in [0.1, 0.15) is 22.3 Å². The number of alkyl halides is 3. The van der Waals surface area contributed by atoms with Crippen molar-refractivity contribution in [1.82, 2.24) is 0 Å². The van der Waals surface area contributed by atoms with Crippen LogP contribution in [0.4, 0.5) is 23.7 Å². The fourth-order valence-corrected chi connectivity index (χ4v) is 3.73. The number of hydrogen-bond acceptors (Lipinski definition) is 4. The molecule has 0 bridgehead atoms. The quantitative estimate of drug-likeness (QED) is 0.627. The molecule has 158 valence electrons. The molecule has 0 radical (unpaired) electrons. The van der Waals surface area contributed by atoms with Gasteiger partial charge >= 0.3 is 12.3 Å². The number of halogens is 4. The normalized spacial score (nSPS) is 18.7. The molecule has 2 aromatic carbocycles. The van der Waals surface area contributed by atoms with E-state index in [1.807, 2.05) is 13.0 Å². The van der Waals surface area contributed by atoms with E-state index in [0.717, 1.165) is 22.9 Å². The Morgan fingerprint density at radius 2 is 2.03 bits per heavy atom. The lowest BCUT2D eigenvalue weighted by atomic mass is 10.1. The van der Waals surface area contributed by atoms with Gasteiger partial charge in [-0.1, -0.05) is 23.7 Å². The molecule has 1 atom stereocenters. The summed E-state index contributed by atoms with van der Waals surface area (Å²) in [5.74, 6) is 0.446. The highest BCUT2D eigenvalue weighted by atomic mass is 35.5. The first-order valence-electron chi connectivity index (χ1n) is 9.16. The average Bonchev–Trinajstić information content (AvgIpc) is 3.31. The third-order valence-corrected chi connectivity index (χ3v) is 5.34. The van der Waals surface area contributed by atoms with Gasteiger partial charge in [-0.25, -0.2) is 4.79 Å². The maximum atomic E-state index is 13.0. The molecule has 30 heavy (non-hydrogen) atoms. The summed E-state index contributed by atoms with van der Waals surface area (Å²) in [6.45, 7) is 2.70. The summed E-state index contributed by atoms with van der Waals surface area (Å²) in [7, 11) is 0. The van der Waals surface area contributed by atoms with Crippen molar-refractivity contribution in [2.24, 2.45) is 0 Å². The van der Waals surface area contributed by atoms with E-state index in [-0.39, 0.29) is 23.1 Å². The highest BCUT2D eigenvalue weighted by molar-refractivity contribution is 6.32. The van der Waals surface area contributed by atoms with Crippen LogP contribution in [0.15, 0.2) is 42.7 Å². The fraction of sp³-hybridized carbons (Fsp3) is 0.286. The minimum absolute atomic E-state index is 0.0550. The van der Waals surface area contributed by atoms with E-state index < -0.39 is 18.0 Å². The van der Waals surface area contributed by atoms with E-state index >= 15 is 0 Å². The first-order chi connectivity index (χ1) is 14.2. The monoisotopic (exact) mass is 439 g/mol. The number of carbonyl (C=O) groups is 1. The van der Waals surface area contributed by atoms with E-state index in [2.05, 4.69) is 0 Å². The maximum absolute atomic E-state index is 13.0. The Morgan fingerprint density at radius 3 is 2.70 bits per heavy atom. The molecule has 5 nitrogen and oxygen atoms in total. The molecule has 0 spiro atoms. The van der Waals surface area contributed by atoms with Gasteiger partial charge in [0.1, 0.15) is 12.9 Å². The molecule has 2 aromatic rings. The van der Waals surface area contributed by atoms with E-state index in [1.165, 1.54) is 18.4 Å². The van der Waals surface area contributed by atoms with Crippen LogP contribution in [0.25, 0.3) is 5.76 Å². The number of hydrogen-bond donors (Lipinski definition) is 0. The van der Waals surface area contributed by atoms with E-state index in [4.69, 9.17) is 25.8 Å². The lowest BCUT2D eigenvalue weighted by molar-refractivity contribution is -0.137. The van der Waals surface area contributed by atoms with Gasteiger partial charge in [-0.3, -0.25) is 4.90 Å². The van der Waals surface area contributed by atoms with Crippen LogP contribution in [-0.4, -0.2) is 25.5 Å². The Bertz CT molecular complexity index is 1020. The molecule has 0 N–H and O–H groups in total. The summed E-state index contributed by atoms with van der Waals surface area (Å²) in [5.41, 5.74) is 1.71. The first-order valence-corrected chi connectivity index (χ1v) is 9.54. The van der Waals surface area contributed by atoms with E-state index in [9.17, 15) is 18.0 Å². The summed E-state index contributed by atoms with van der Waals surface area (Å²) >= 11 is 5.95. The van der Waals surface area contributed by atoms with Crippen molar-refractivity contribution in [2.45, 2.75) is 25.8 Å². The van der Waals surface area contributed by atoms with Crippen LogP contribution >= 0.6 is 11.6 Å². The van der Waals surface area contributed by atoms with Gasteiger partial charge in [-0.05, 0) is 42.3 Å². The van der Waals surface area contributed by atoms with Gasteiger partial charge in [0.05, 0.1) is 22.8 Å². The zero-order valence-corrected chi connectivity index (χ0v) is 16.6. The Hall–Kier alpha value is -2.87. The van der Waals surface area contributed by atoms with Crippen molar-refractivity contribution in [3.63, 3.8) is 0 Å². The largest absolute Gasteiger partial charge is 0.458 e. The van der Waals surface area contributed by atoms with Gasteiger partial charge in [0.15, 0.2) is 5.76 Å². The van der Waals surface area contributed by atoms with Crippen LogP contribution in [0.5, 0.6) is 0 Å². The molecule has 1 saturated heterocycles. The van der Waals surface area contributed by atoms with E-state index in [1.54, 1.807) is 17.0 Å². The van der Waals surface area contributed by atoms with Crippen LogP contribution in [0, 0.1) is 6.92 Å². The van der Waals surface area contributed by atoms with Crippen LogP contribution in [0.3, 0.4) is 0 Å². The molecule has 0 aromatic heterocycles. The number of anilines is 1. The molecule has 1 amide bonds. The molecule has 0 aliphatic carbocycles. The Morgan fingerprint density at radius 1 is 1.23 bits per heavy atom. The van der Waals surface area contributed by atoms with Crippen LogP contribution in [0.2, 0.25) is 5.02 Å². The first kappa shape index (κ1) is 20.4. The summed E-state index contributed by atoms with van der Waals surface area (Å²) < 4.78 is 55.3. The number of amides is 1. The lowest BCUT2D eigenvalue weighted by Crippen LogP contribution is -2.24.